The number of benzene rings is 1. The first-order chi connectivity index (χ1) is 7.34. The van der Waals surface area contributed by atoms with Crippen LogP contribution < -0.4 is 5.32 Å². The van der Waals surface area contributed by atoms with Gasteiger partial charge in [0.05, 0.1) is 3.16 Å². The van der Waals surface area contributed by atoms with Crippen LogP contribution in [0, 0.1) is 0 Å². The summed E-state index contributed by atoms with van der Waals surface area (Å²) in [7, 11) is 5.66. The zero-order valence-corrected chi connectivity index (χ0v) is 15.3. The van der Waals surface area contributed by atoms with Crippen LogP contribution >= 0.6 is 63.7 Å². The lowest BCUT2D eigenvalue weighted by Gasteiger charge is -2.26. The highest BCUT2D eigenvalue weighted by atomic mass is 127. The number of hydrogen-bond acceptors (Lipinski definition) is 1. The molecular weight excluding hydrogens is 466 g/mol. The fourth-order valence-electron chi connectivity index (χ4n) is 1.20. The summed E-state index contributed by atoms with van der Waals surface area (Å²) in [6.45, 7) is 1.52. The van der Waals surface area contributed by atoms with E-state index in [9.17, 15) is 4.79 Å². The van der Waals surface area contributed by atoms with E-state index < -0.39 is 0 Å². The van der Waals surface area contributed by atoms with Gasteiger partial charge in [-0.05, 0) is 17.7 Å². The quantitative estimate of drug-likeness (QED) is 0.400. The number of amides is 1. The Bertz CT molecular complexity index is 396. The Balaban J connectivity index is 3.02. The Morgan fingerprint density at radius 2 is 2.19 bits per heavy atom. The van der Waals surface area contributed by atoms with Crippen LogP contribution in [-0.4, -0.2) is 9.57 Å². The van der Waals surface area contributed by atoms with Gasteiger partial charge in [0.1, 0.15) is 0 Å². The van der Waals surface area contributed by atoms with Crippen LogP contribution in [0.2, 0.25) is 0 Å². The molecule has 0 aliphatic carbocycles. The SMILES string of the molecule is CC(=O)Nc1cccc(C(P)(I)C(P)I)c1. The third kappa shape index (κ3) is 4.04. The van der Waals surface area contributed by atoms with Gasteiger partial charge in [-0.25, -0.2) is 0 Å². The van der Waals surface area contributed by atoms with Gasteiger partial charge in [-0.15, -0.1) is 18.5 Å². The molecule has 4 unspecified atom stereocenters. The summed E-state index contributed by atoms with van der Waals surface area (Å²) in [6.07, 6.45) is 0. The van der Waals surface area contributed by atoms with Crippen molar-refractivity contribution in [3.8, 4) is 0 Å². The molecule has 88 valence electrons. The molecule has 2 nitrogen and oxygen atoms in total. The van der Waals surface area contributed by atoms with E-state index in [1.54, 1.807) is 0 Å². The Labute approximate surface area is 128 Å². The maximum absolute atomic E-state index is 11.0. The van der Waals surface area contributed by atoms with Gasteiger partial charge in [0.25, 0.3) is 0 Å². The van der Waals surface area contributed by atoms with Gasteiger partial charge in [0.15, 0.2) is 0 Å². The fourth-order valence-corrected chi connectivity index (χ4v) is 2.26. The van der Waals surface area contributed by atoms with E-state index in [4.69, 9.17) is 0 Å². The number of anilines is 1. The Morgan fingerprint density at radius 1 is 1.56 bits per heavy atom. The molecule has 0 radical (unpaired) electrons. The van der Waals surface area contributed by atoms with Crippen molar-refractivity contribution in [3.63, 3.8) is 0 Å². The first-order valence-electron chi connectivity index (χ1n) is 4.59. The normalized spacial score (nSPS) is 16.3. The predicted molar refractivity (Wildman–Crippen MR) is 93.7 cm³/mol. The van der Waals surface area contributed by atoms with Crippen molar-refractivity contribution in [1.29, 1.82) is 0 Å². The van der Waals surface area contributed by atoms with E-state index in [-0.39, 0.29) is 9.07 Å². The van der Waals surface area contributed by atoms with E-state index in [1.807, 2.05) is 18.2 Å². The largest absolute Gasteiger partial charge is 0.326 e. The third-order valence-electron chi connectivity index (χ3n) is 2.03. The minimum Gasteiger partial charge on any atom is -0.326 e. The van der Waals surface area contributed by atoms with E-state index in [0.717, 1.165) is 5.69 Å². The maximum atomic E-state index is 11.0. The smallest absolute Gasteiger partial charge is 0.221 e. The predicted octanol–water partition coefficient (Wildman–Crippen LogP) is 3.74. The summed E-state index contributed by atoms with van der Waals surface area (Å²) in [4.78, 5) is 11.0. The maximum Gasteiger partial charge on any atom is 0.221 e. The van der Waals surface area contributed by atoms with Crippen LogP contribution in [-0.2, 0) is 7.96 Å². The van der Waals surface area contributed by atoms with E-state index in [1.165, 1.54) is 12.5 Å². The highest BCUT2D eigenvalue weighted by Gasteiger charge is 2.28. The lowest BCUT2D eigenvalue weighted by molar-refractivity contribution is -0.114. The minimum absolute atomic E-state index is 0.0442. The third-order valence-corrected chi connectivity index (χ3v) is 8.45. The molecular formula is C10H13I2NOP2. The molecule has 1 aromatic carbocycles. The summed E-state index contributed by atoms with van der Waals surface area (Å²) in [5.74, 6) is -0.0446. The fraction of sp³-hybridized carbons (Fsp3) is 0.300. The zero-order chi connectivity index (χ0) is 12.3. The Hall–Kier alpha value is 1.01. The molecule has 4 atom stereocenters. The molecule has 1 aromatic rings. The zero-order valence-electron chi connectivity index (χ0n) is 8.71. The second-order valence-corrected chi connectivity index (χ2v) is 10.7. The second kappa shape index (κ2) is 6.26. The molecule has 0 bridgehead atoms. The van der Waals surface area contributed by atoms with Crippen LogP contribution in [0.4, 0.5) is 5.69 Å². The molecule has 1 amide bonds. The molecule has 0 aromatic heterocycles. The standard InChI is InChI=1S/C10H13I2NOP2/c1-6(14)13-8-4-2-3-7(5-8)10(12,16)9(11)15/h2-5,9H,15-16H2,1H3,(H,13,14). The summed E-state index contributed by atoms with van der Waals surface area (Å²) in [5.41, 5.74) is 2.02. The highest BCUT2D eigenvalue weighted by Crippen LogP contribution is 2.48. The number of carbonyl (C=O) groups excluding carboxylic acids is 1. The molecule has 0 saturated carbocycles. The van der Waals surface area contributed by atoms with E-state index in [0.29, 0.717) is 3.67 Å². The van der Waals surface area contributed by atoms with Crippen molar-refractivity contribution < 1.29 is 4.79 Å². The molecule has 6 heteroatoms. The summed E-state index contributed by atoms with van der Waals surface area (Å²) in [5, 5.41) is 2.80. The van der Waals surface area contributed by atoms with Crippen molar-refractivity contribution in [2.75, 3.05) is 5.32 Å². The molecule has 1 N–H and O–H groups in total. The number of hydrogen-bond donors (Lipinski definition) is 1. The molecule has 0 aliphatic heterocycles. The molecule has 16 heavy (non-hydrogen) atoms. The van der Waals surface area contributed by atoms with Crippen molar-refractivity contribution >= 4 is 75.3 Å². The average molecular weight is 479 g/mol. The van der Waals surface area contributed by atoms with Crippen molar-refractivity contribution in [1.82, 2.24) is 0 Å². The topological polar surface area (TPSA) is 29.1 Å². The lowest BCUT2D eigenvalue weighted by Crippen LogP contribution is -2.17. The van der Waals surface area contributed by atoms with Gasteiger partial charge >= 0.3 is 0 Å². The number of nitrogens with one attached hydrogen (secondary N) is 1. The van der Waals surface area contributed by atoms with Crippen LogP contribution in [0.15, 0.2) is 24.3 Å². The Kier molecular flexibility index (Phi) is 5.89. The van der Waals surface area contributed by atoms with Gasteiger partial charge in [0, 0.05) is 16.3 Å². The molecule has 0 saturated heterocycles. The van der Waals surface area contributed by atoms with Crippen molar-refractivity contribution in [2.45, 2.75) is 13.8 Å². The summed E-state index contributed by atoms with van der Waals surface area (Å²) < 4.78 is 0.348. The van der Waals surface area contributed by atoms with Crippen molar-refractivity contribution in [3.05, 3.63) is 29.8 Å². The first-order valence-corrected chi connectivity index (χ1v) is 8.16. The number of carbonyl (C=O) groups is 1. The molecule has 1 rings (SSSR count). The van der Waals surface area contributed by atoms with Gasteiger partial charge in [-0.3, -0.25) is 4.79 Å². The summed E-state index contributed by atoms with van der Waals surface area (Å²) in [6, 6.07) is 7.94. The number of halogens is 2. The van der Waals surface area contributed by atoms with E-state index in [2.05, 4.69) is 75.0 Å². The Morgan fingerprint density at radius 3 is 2.69 bits per heavy atom. The highest BCUT2D eigenvalue weighted by molar-refractivity contribution is 14.1. The number of alkyl halides is 2. The van der Waals surface area contributed by atoms with Crippen LogP contribution in [0.3, 0.4) is 0 Å². The van der Waals surface area contributed by atoms with Crippen LogP contribution in [0.5, 0.6) is 0 Å². The molecule has 0 spiro atoms. The monoisotopic (exact) mass is 479 g/mol. The van der Waals surface area contributed by atoms with E-state index >= 15 is 0 Å². The van der Waals surface area contributed by atoms with Crippen molar-refractivity contribution in [2.24, 2.45) is 0 Å². The van der Waals surface area contributed by atoms with Crippen LogP contribution in [0.25, 0.3) is 0 Å². The van der Waals surface area contributed by atoms with Crippen LogP contribution in [0.1, 0.15) is 12.5 Å². The molecule has 0 aliphatic rings. The summed E-state index contributed by atoms with van der Waals surface area (Å²) >= 11 is 4.78. The van der Waals surface area contributed by atoms with Gasteiger partial charge in [-0.2, -0.15) is 0 Å². The molecule has 0 fully saturated rings. The molecule has 0 heterocycles. The van der Waals surface area contributed by atoms with Gasteiger partial charge < -0.3 is 5.32 Å². The van der Waals surface area contributed by atoms with Gasteiger partial charge in [0.2, 0.25) is 5.91 Å². The lowest BCUT2D eigenvalue weighted by atomic mass is 10.1. The minimum atomic E-state index is -0.0446. The second-order valence-electron chi connectivity index (χ2n) is 3.43. The average Bonchev–Trinajstić information content (AvgIpc) is 2.16. The number of rotatable bonds is 3. The van der Waals surface area contributed by atoms with Gasteiger partial charge in [-0.1, -0.05) is 57.3 Å². The first kappa shape index (κ1) is 15.1.